The second kappa shape index (κ2) is 9.57. The minimum Gasteiger partial charge on any atom is -0.812 e. The molecule has 1 fully saturated rings. The zero-order valence-corrected chi connectivity index (χ0v) is 17.8. The first-order valence-corrected chi connectivity index (χ1v) is 8.16. The second-order valence-corrected chi connectivity index (χ2v) is 6.71. The van der Waals surface area contributed by atoms with Crippen molar-refractivity contribution in [1.82, 2.24) is 9.55 Å². The molecule has 3 atom stereocenters. The molecule has 0 radical (unpaired) electrons. The molecule has 1 saturated heterocycles. The first-order chi connectivity index (χ1) is 9.26. The monoisotopic (exact) mass is 367 g/mol. The quantitative estimate of drug-likeness (QED) is 0.391. The van der Waals surface area contributed by atoms with Gasteiger partial charge in [0.2, 0.25) is 0 Å². The van der Waals surface area contributed by atoms with Gasteiger partial charge in [0.1, 0.15) is 18.1 Å². The molecular formula is C9H12N3Na2O6PS. The molecule has 3 unspecified atom stereocenters. The molecule has 1 aromatic heterocycles. The van der Waals surface area contributed by atoms with E-state index in [0.29, 0.717) is 0 Å². The first kappa shape index (κ1) is 23.1. The van der Waals surface area contributed by atoms with Gasteiger partial charge in [-0.1, -0.05) is 6.72 Å². The van der Waals surface area contributed by atoms with Gasteiger partial charge in [-0.15, -0.1) is 11.8 Å². The van der Waals surface area contributed by atoms with Crippen molar-refractivity contribution < 1.29 is 83.3 Å². The van der Waals surface area contributed by atoms with E-state index < -0.39 is 37.5 Å². The third kappa shape index (κ3) is 6.56. The van der Waals surface area contributed by atoms with E-state index in [2.05, 4.69) is 21.3 Å². The van der Waals surface area contributed by atoms with Gasteiger partial charge in [-0.3, -0.25) is 4.57 Å². The van der Waals surface area contributed by atoms with E-state index in [1.165, 1.54) is 12.3 Å². The summed E-state index contributed by atoms with van der Waals surface area (Å²) < 4.78 is 11.0. The maximum absolute atomic E-state index is 11.6. The van der Waals surface area contributed by atoms with Crippen molar-refractivity contribution in [3.05, 3.63) is 22.7 Å². The average Bonchev–Trinajstić information content (AvgIpc) is 2.67. The van der Waals surface area contributed by atoms with Crippen LogP contribution in [0.5, 0.6) is 0 Å². The number of hydrogen-bond donors (Lipinski definition) is 2. The minimum absolute atomic E-state index is 0. The molecule has 0 amide bonds. The Labute approximate surface area is 175 Å². The molecule has 22 heavy (non-hydrogen) atoms. The van der Waals surface area contributed by atoms with Crippen LogP contribution in [-0.4, -0.2) is 33.5 Å². The van der Waals surface area contributed by atoms with Crippen LogP contribution in [0.15, 0.2) is 17.1 Å². The number of rotatable bonds is 4. The smallest absolute Gasteiger partial charge is 0.812 e. The molecule has 9 nitrogen and oxygen atoms in total. The van der Waals surface area contributed by atoms with Crippen LogP contribution in [-0.2, 0) is 21.1 Å². The normalized spacial score (nSPS) is 24.4. The van der Waals surface area contributed by atoms with Gasteiger partial charge in [-0.05, 0) is 6.07 Å². The Kier molecular flexibility index (Phi) is 10.1. The summed E-state index contributed by atoms with van der Waals surface area (Å²) in [6.07, 6.45) is -1.16. The maximum Gasteiger partial charge on any atom is 1.00 e. The van der Waals surface area contributed by atoms with E-state index in [1.807, 2.05) is 0 Å². The SMILES string of the molecule is Nc1ccn(C2CC(O)C(COP([O-])([O-])=S)O2)c(=O)n1.[Na+].[Na+]. The van der Waals surface area contributed by atoms with Crippen LogP contribution in [0.3, 0.4) is 0 Å². The summed E-state index contributed by atoms with van der Waals surface area (Å²) in [5.41, 5.74) is 4.74. The molecule has 13 heteroatoms. The van der Waals surface area contributed by atoms with E-state index in [0.717, 1.165) is 4.57 Å². The predicted octanol–water partition coefficient (Wildman–Crippen LogP) is -8.56. The first-order valence-electron chi connectivity index (χ1n) is 5.61. The molecule has 2 heterocycles. The van der Waals surface area contributed by atoms with Crippen LogP contribution < -0.4 is 80.3 Å². The Bertz CT molecular complexity index is 599. The van der Waals surface area contributed by atoms with E-state index in [9.17, 15) is 19.7 Å². The van der Waals surface area contributed by atoms with Gasteiger partial charge in [-0.25, -0.2) is 4.79 Å². The number of nitrogens with zero attached hydrogens (tertiary/aromatic N) is 2. The fraction of sp³-hybridized carbons (Fsp3) is 0.556. The number of ether oxygens (including phenoxy) is 1. The van der Waals surface area contributed by atoms with Gasteiger partial charge in [0.05, 0.1) is 12.7 Å². The number of aromatic nitrogens is 2. The summed E-state index contributed by atoms with van der Waals surface area (Å²) in [5, 5.41) is 9.77. The number of aliphatic hydroxyl groups is 1. The van der Waals surface area contributed by atoms with E-state index in [-0.39, 0.29) is 71.4 Å². The zero-order chi connectivity index (χ0) is 14.9. The van der Waals surface area contributed by atoms with E-state index in [1.54, 1.807) is 0 Å². The number of aliphatic hydroxyl groups excluding tert-OH is 1. The summed E-state index contributed by atoms with van der Waals surface area (Å²) >= 11 is 4.08. The van der Waals surface area contributed by atoms with Crippen LogP contribution in [0.25, 0.3) is 0 Å². The van der Waals surface area contributed by atoms with E-state index >= 15 is 0 Å². The maximum atomic E-state index is 11.6. The molecule has 2 rings (SSSR count). The van der Waals surface area contributed by atoms with Crippen LogP contribution in [0.1, 0.15) is 12.6 Å². The molecular weight excluding hydrogens is 355 g/mol. The van der Waals surface area contributed by atoms with Crippen LogP contribution in [0.2, 0.25) is 0 Å². The topological polar surface area (TPSA) is 146 Å². The van der Waals surface area contributed by atoms with E-state index in [4.69, 9.17) is 10.5 Å². The molecule has 0 bridgehead atoms. The molecule has 0 aromatic carbocycles. The standard InChI is InChI=1S/C9H14N3O6PS.2Na/c10-7-1-2-12(9(14)11-7)8-3-5(13)6(18-8)4-17-19(15,16)20;;/h1-2,5-6,8,13H,3-4H2,(H2,10,11,14)(H2,15,16,20);;/q;2*+1/p-2. The van der Waals surface area contributed by atoms with Crippen molar-refractivity contribution in [3.8, 4) is 0 Å². The number of nitrogens with two attached hydrogens (primary N) is 1. The Morgan fingerprint density at radius 1 is 1.59 bits per heavy atom. The number of anilines is 1. The van der Waals surface area contributed by atoms with Crippen molar-refractivity contribution in [2.75, 3.05) is 12.3 Å². The van der Waals surface area contributed by atoms with Gasteiger partial charge < -0.3 is 29.9 Å². The van der Waals surface area contributed by atoms with Crippen molar-refractivity contribution in [3.63, 3.8) is 0 Å². The van der Waals surface area contributed by atoms with Crippen molar-refractivity contribution in [2.45, 2.75) is 24.9 Å². The van der Waals surface area contributed by atoms with Crippen molar-refractivity contribution in [2.24, 2.45) is 0 Å². The molecule has 0 saturated carbocycles. The van der Waals surface area contributed by atoms with Crippen LogP contribution in [0.4, 0.5) is 5.82 Å². The Hall–Kier alpha value is 1.13. The summed E-state index contributed by atoms with van der Waals surface area (Å²) in [6, 6.07) is 1.41. The molecule has 1 aromatic rings. The van der Waals surface area contributed by atoms with Gasteiger partial charge in [0.15, 0.2) is 0 Å². The predicted molar refractivity (Wildman–Crippen MR) is 67.7 cm³/mol. The fourth-order valence-electron chi connectivity index (χ4n) is 1.85. The van der Waals surface area contributed by atoms with Gasteiger partial charge in [-0.2, -0.15) is 4.98 Å². The molecule has 112 valence electrons. The van der Waals surface area contributed by atoms with Gasteiger partial charge in [0.25, 0.3) is 0 Å². The van der Waals surface area contributed by atoms with Crippen molar-refractivity contribution in [1.29, 1.82) is 0 Å². The summed E-state index contributed by atoms with van der Waals surface area (Å²) in [6.45, 7) is -4.71. The third-order valence-corrected chi connectivity index (χ3v) is 3.54. The summed E-state index contributed by atoms with van der Waals surface area (Å²) in [5.74, 6) is 0.0723. The van der Waals surface area contributed by atoms with Gasteiger partial charge >= 0.3 is 64.8 Å². The second-order valence-electron chi connectivity index (χ2n) is 4.22. The number of nitrogen functional groups attached to an aromatic ring is 1. The molecule has 1 aliphatic heterocycles. The Balaban J connectivity index is 0.00000220. The zero-order valence-electron chi connectivity index (χ0n) is 12.1. The van der Waals surface area contributed by atoms with Crippen LogP contribution in [0, 0.1) is 0 Å². The average molecular weight is 367 g/mol. The molecule has 3 N–H and O–H groups in total. The Morgan fingerprint density at radius 3 is 2.77 bits per heavy atom. The summed E-state index contributed by atoms with van der Waals surface area (Å²) in [4.78, 5) is 36.6. The van der Waals surface area contributed by atoms with Gasteiger partial charge in [0, 0.05) is 12.6 Å². The molecule has 1 aliphatic rings. The Morgan fingerprint density at radius 2 is 2.23 bits per heavy atom. The van der Waals surface area contributed by atoms with Crippen molar-refractivity contribution >= 4 is 24.3 Å². The molecule has 0 spiro atoms. The minimum atomic E-state index is -4.31. The largest absolute Gasteiger partial charge is 1.00 e. The molecule has 0 aliphatic carbocycles. The third-order valence-electron chi connectivity index (χ3n) is 2.76. The fourth-order valence-corrected chi connectivity index (χ4v) is 2.36. The van der Waals surface area contributed by atoms with Crippen LogP contribution >= 0.6 is 6.72 Å². The number of hydrogen-bond acceptors (Lipinski definition) is 9. The summed E-state index contributed by atoms with van der Waals surface area (Å²) in [7, 11) is 0.